The molecule has 1 rings (SSSR count). The smallest absolute Gasteiger partial charge is 0.243 e. The maximum absolute atomic E-state index is 11.5. The van der Waals surface area contributed by atoms with Gasteiger partial charge in [-0.3, -0.25) is 9.69 Å². The van der Waals surface area contributed by atoms with Gasteiger partial charge < -0.3 is 4.74 Å². The van der Waals surface area contributed by atoms with Crippen LogP contribution in [0.25, 0.3) is 0 Å². The predicted octanol–water partition coefficient (Wildman–Crippen LogP) is 2.46. The summed E-state index contributed by atoms with van der Waals surface area (Å²) in [4.78, 5) is 12.8. The first-order valence-electron chi connectivity index (χ1n) is 4.30. The topological polar surface area (TPSA) is 29.5 Å². The summed E-state index contributed by atoms with van der Waals surface area (Å²) in [5, 5.41) is 0. The van der Waals surface area contributed by atoms with Gasteiger partial charge in [0.15, 0.2) is 0 Å². The van der Waals surface area contributed by atoms with Crippen molar-refractivity contribution in [3.63, 3.8) is 0 Å². The number of amides is 1. The van der Waals surface area contributed by atoms with Crippen molar-refractivity contribution in [3.05, 3.63) is 24.3 Å². The molecule has 0 aliphatic rings. The molecule has 0 radical (unpaired) electrons. The highest BCUT2D eigenvalue weighted by Gasteiger charge is 2.16. The number of carbonyl (C=O) groups excluding carboxylic acids is 1. The molecule has 82 valence electrons. The van der Waals surface area contributed by atoms with Gasteiger partial charge in [0.25, 0.3) is 0 Å². The van der Waals surface area contributed by atoms with Gasteiger partial charge in [0, 0.05) is 0 Å². The van der Waals surface area contributed by atoms with Gasteiger partial charge in [0.2, 0.25) is 5.91 Å². The van der Waals surface area contributed by atoms with Crippen LogP contribution in [0.2, 0.25) is 0 Å². The Morgan fingerprint density at radius 2 is 2.07 bits per heavy atom. The van der Waals surface area contributed by atoms with Crippen LogP contribution in [-0.4, -0.2) is 24.9 Å². The lowest BCUT2D eigenvalue weighted by Gasteiger charge is -2.20. The monoisotopic (exact) mass is 247 g/mol. The maximum Gasteiger partial charge on any atom is 0.243 e. The molecule has 0 saturated heterocycles. The molecule has 15 heavy (non-hydrogen) atoms. The van der Waals surface area contributed by atoms with Crippen LogP contribution in [0.5, 0.6) is 5.75 Å². The lowest BCUT2D eigenvalue weighted by molar-refractivity contribution is -0.116. The van der Waals surface area contributed by atoms with E-state index in [0.29, 0.717) is 11.4 Å². The first-order chi connectivity index (χ1) is 7.24. The molecule has 0 N–H and O–H groups in total. The molecule has 0 fully saturated rings. The van der Waals surface area contributed by atoms with Gasteiger partial charge in [-0.2, -0.15) is 0 Å². The van der Waals surface area contributed by atoms with Crippen molar-refractivity contribution in [3.8, 4) is 5.75 Å². The van der Waals surface area contributed by atoms with Crippen molar-refractivity contribution in [2.24, 2.45) is 0 Å². The normalized spacial score (nSPS) is 9.80. The minimum Gasteiger partial charge on any atom is -0.495 e. The minimum atomic E-state index is -0.254. The van der Waals surface area contributed by atoms with E-state index in [1.165, 1.54) is 12.0 Å². The Bertz CT molecular complexity index is 344. The van der Waals surface area contributed by atoms with Crippen molar-refractivity contribution in [1.82, 2.24) is 0 Å². The van der Waals surface area contributed by atoms with Crippen LogP contribution in [0.4, 0.5) is 5.69 Å². The molecule has 0 aliphatic heterocycles. The summed E-state index contributed by atoms with van der Waals surface area (Å²) >= 11 is 11.2. The Hall–Kier alpha value is -0.930. The molecule has 3 nitrogen and oxygen atoms in total. The Kier molecular flexibility index (Phi) is 4.72. The molecule has 5 heteroatoms. The summed E-state index contributed by atoms with van der Waals surface area (Å²) in [5.41, 5.74) is 0.626. The van der Waals surface area contributed by atoms with E-state index in [-0.39, 0.29) is 17.8 Å². The Balaban J connectivity index is 3.05. The fourth-order valence-electron chi connectivity index (χ4n) is 1.19. The molecule has 0 aliphatic carbocycles. The van der Waals surface area contributed by atoms with Crippen molar-refractivity contribution in [2.75, 3.05) is 23.9 Å². The van der Waals surface area contributed by atoms with Gasteiger partial charge in [-0.05, 0) is 12.1 Å². The number of hydrogen-bond acceptors (Lipinski definition) is 2. The van der Waals surface area contributed by atoms with Gasteiger partial charge in [0.05, 0.1) is 12.8 Å². The second kappa shape index (κ2) is 5.83. The third kappa shape index (κ3) is 2.76. The van der Waals surface area contributed by atoms with Crippen molar-refractivity contribution in [2.45, 2.75) is 0 Å². The molecular weight excluding hydrogens is 237 g/mol. The Morgan fingerprint density at radius 3 is 2.60 bits per heavy atom. The highest BCUT2D eigenvalue weighted by Crippen LogP contribution is 2.28. The van der Waals surface area contributed by atoms with E-state index in [0.717, 1.165) is 0 Å². The number of benzene rings is 1. The van der Waals surface area contributed by atoms with E-state index in [1.54, 1.807) is 18.2 Å². The zero-order valence-electron chi connectivity index (χ0n) is 8.24. The van der Waals surface area contributed by atoms with Crippen LogP contribution in [0.1, 0.15) is 0 Å². The number of halogens is 2. The Labute approximate surface area is 98.5 Å². The molecule has 1 aromatic carbocycles. The summed E-state index contributed by atoms with van der Waals surface area (Å²) in [6.07, 6.45) is 0. The van der Waals surface area contributed by atoms with E-state index in [4.69, 9.17) is 27.9 Å². The van der Waals surface area contributed by atoms with E-state index in [1.807, 2.05) is 6.07 Å². The number of methoxy groups -OCH3 is 1. The molecule has 0 atom stereocenters. The average Bonchev–Trinajstić information content (AvgIpc) is 2.30. The largest absolute Gasteiger partial charge is 0.495 e. The fourth-order valence-corrected chi connectivity index (χ4v) is 1.60. The van der Waals surface area contributed by atoms with Crippen LogP contribution in [0.3, 0.4) is 0 Å². The lowest BCUT2D eigenvalue weighted by Crippen LogP contribution is -2.30. The molecule has 1 amide bonds. The highest BCUT2D eigenvalue weighted by molar-refractivity contribution is 6.31. The number of nitrogens with zero attached hydrogens (tertiary/aromatic N) is 1. The predicted molar refractivity (Wildman–Crippen MR) is 61.9 cm³/mol. The van der Waals surface area contributed by atoms with E-state index >= 15 is 0 Å². The van der Waals surface area contributed by atoms with E-state index in [9.17, 15) is 4.79 Å². The van der Waals surface area contributed by atoms with Crippen LogP contribution in [0, 0.1) is 0 Å². The van der Waals surface area contributed by atoms with Gasteiger partial charge >= 0.3 is 0 Å². The first kappa shape index (κ1) is 12.1. The number of alkyl halides is 2. The molecule has 0 aromatic heterocycles. The highest BCUT2D eigenvalue weighted by atomic mass is 35.5. The number of anilines is 1. The van der Waals surface area contributed by atoms with Crippen molar-refractivity contribution in [1.29, 1.82) is 0 Å². The number of hydrogen-bond donors (Lipinski definition) is 0. The zero-order chi connectivity index (χ0) is 11.3. The van der Waals surface area contributed by atoms with Gasteiger partial charge in [-0.1, -0.05) is 12.1 Å². The molecule has 1 aromatic rings. The van der Waals surface area contributed by atoms with E-state index < -0.39 is 0 Å². The van der Waals surface area contributed by atoms with Crippen LogP contribution in [-0.2, 0) is 4.79 Å². The SMILES string of the molecule is COc1ccccc1N(CCl)C(=O)CCl. The second-order valence-corrected chi connectivity index (χ2v) is 3.25. The zero-order valence-corrected chi connectivity index (χ0v) is 9.76. The fraction of sp³-hybridized carbons (Fsp3) is 0.300. The van der Waals surface area contributed by atoms with Crippen LogP contribution in [0.15, 0.2) is 24.3 Å². The van der Waals surface area contributed by atoms with Gasteiger partial charge in [-0.25, -0.2) is 0 Å². The summed E-state index contributed by atoms with van der Waals surface area (Å²) in [7, 11) is 1.54. The molecule has 0 bridgehead atoms. The molecule has 0 saturated carbocycles. The maximum atomic E-state index is 11.5. The second-order valence-electron chi connectivity index (χ2n) is 2.75. The molecule has 0 heterocycles. The number of carbonyl (C=O) groups is 1. The molecule has 0 unspecified atom stereocenters. The first-order valence-corrected chi connectivity index (χ1v) is 5.36. The van der Waals surface area contributed by atoms with E-state index in [2.05, 4.69) is 0 Å². The van der Waals surface area contributed by atoms with Gasteiger partial charge in [0.1, 0.15) is 17.6 Å². The minimum absolute atomic E-state index is 0.0475. The van der Waals surface area contributed by atoms with Gasteiger partial charge in [-0.15, -0.1) is 23.2 Å². The number of rotatable bonds is 4. The summed E-state index contributed by atoms with van der Waals surface area (Å²) in [5.74, 6) is 0.234. The standard InChI is InChI=1S/C10H11Cl2NO2/c1-15-9-5-3-2-4-8(9)13(7-12)10(14)6-11/h2-5H,6-7H2,1H3. The third-order valence-electron chi connectivity index (χ3n) is 1.91. The third-order valence-corrected chi connectivity index (χ3v) is 2.38. The summed E-state index contributed by atoms with van der Waals surface area (Å²) < 4.78 is 5.13. The number of para-hydroxylation sites is 2. The van der Waals surface area contributed by atoms with Crippen LogP contribution >= 0.6 is 23.2 Å². The average molecular weight is 248 g/mol. The lowest BCUT2D eigenvalue weighted by atomic mass is 10.2. The summed E-state index contributed by atoms with van der Waals surface area (Å²) in [6, 6.07) is 7.19. The Morgan fingerprint density at radius 1 is 1.40 bits per heavy atom. The van der Waals surface area contributed by atoms with Crippen LogP contribution < -0.4 is 9.64 Å². The molecule has 0 spiro atoms. The quantitative estimate of drug-likeness (QED) is 0.605. The molecular formula is C10H11Cl2NO2. The summed E-state index contributed by atoms with van der Waals surface area (Å²) in [6.45, 7) is 0. The van der Waals surface area contributed by atoms with Crippen molar-refractivity contribution < 1.29 is 9.53 Å². The van der Waals surface area contributed by atoms with Crippen molar-refractivity contribution >= 4 is 34.8 Å². The number of ether oxygens (including phenoxy) is 1.